The Morgan fingerprint density at radius 1 is 1.05 bits per heavy atom. The first kappa shape index (κ1) is 13.7. The van der Waals surface area contributed by atoms with Gasteiger partial charge in [-0.25, -0.2) is 0 Å². The number of ketones is 1. The molecule has 0 aliphatic heterocycles. The molecule has 3 rings (SSSR count). The number of benzene rings is 2. The third-order valence-corrected chi connectivity index (χ3v) is 4.11. The van der Waals surface area contributed by atoms with E-state index in [1.54, 1.807) is 36.5 Å². The molecule has 0 amide bonds. The zero-order chi connectivity index (χ0) is 14.3. The summed E-state index contributed by atoms with van der Waals surface area (Å²) in [4.78, 5) is 15.6. The van der Waals surface area contributed by atoms with Gasteiger partial charge in [-0.2, -0.15) is 0 Å². The molecule has 0 fully saturated rings. The molecule has 0 aliphatic rings. The maximum Gasteiger partial charge on any atom is 0.196 e. The van der Waals surface area contributed by atoms with E-state index in [4.69, 9.17) is 23.2 Å². The number of halogens is 3. The second-order valence-electron chi connectivity index (χ2n) is 4.35. The number of hydrogen-bond donors (Lipinski definition) is 1. The number of aromatic nitrogens is 1. The predicted octanol–water partition coefficient (Wildman–Crippen LogP) is 5.47. The van der Waals surface area contributed by atoms with Crippen molar-refractivity contribution in [1.29, 1.82) is 0 Å². The van der Waals surface area contributed by atoms with E-state index in [-0.39, 0.29) is 5.78 Å². The van der Waals surface area contributed by atoms with Crippen LogP contribution in [0.4, 0.5) is 0 Å². The SMILES string of the molecule is O=C(c1ccc(Br)cc1Cl)c1c[nH]c2cc(Cl)ccc12. The fourth-order valence-electron chi connectivity index (χ4n) is 2.10. The van der Waals surface area contributed by atoms with Crippen molar-refractivity contribution in [2.75, 3.05) is 0 Å². The molecular formula is C15H8BrCl2NO. The average molecular weight is 369 g/mol. The van der Waals surface area contributed by atoms with Crippen LogP contribution in [0, 0.1) is 0 Å². The average Bonchev–Trinajstić information content (AvgIpc) is 2.80. The van der Waals surface area contributed by atoms with Crippen molar-refractivity contribution in [2.45, 2.75) is 0 Å². The number of carbonyl (C=O) groups is 1. The van der Waals surface area contributed by atoms with E-state index in [1.165, 1.54) is 0 Å². The van der Waals surface area contributed by atoms with Gasteiger partial charge in [0.1, 0.15) is 0 Å². The highest BCUT2D eigenvalue weighted by Crippen LogP contribution is 2.28. The molecule has 0 unspecified atom stereocenters. The minimum atomic E-state index is -0.115. The Morgan fingerprint density at radius 2 is 1.85 bits per heavy atom. The van der Waals surface area contributed by atoms with Crippen molar-refractivity contribution < 1.29 is 4.79 Å². The first-order valence-corrected chi connectivity index (χ1v) is 7.37. The quantitative estimate of drug-likeness (QED) is 0.598. The number of H-pyrrole nitrogens is 1. The summed E-state index contributed by atoms with van der Waals surface area (Å²) in [5.41, 5.74) is 1.89. The van der Waals surface area contributed by atoms with Gasteiger partial charge >= 0.3 is 0 Å². The van der Waals surface area contributed by atoms with Crippen LogP contribution in [0.2, 0.25) is 10.0 Å². The zero-order valence-corrected chi connectivity index (χ0v) is 13.2. The Labute approximate surface area is 133 Å². The van der Waals surface area contributed by atoms with Crippen LogP contribution in [-0.2, 0) is 0 Å². The van der Waals surface area contributed by atoms with Crippen molar-refractivity contribution in [2.24, 2.45) is 0 Å². The fourth-order valence-corrected chi connectivity index (χ4v) is 3.04. The van der Waals surface area contributed by atoms with Crippen LogP contribution in [-0.4, -0.2) is 10.8 Å². The first-order chi connectivity index (χ1) is 9.56. The minimum absolute atomic E-state index is 0.115. The molecule has 3 aromatic rings. The molecule has 1 heterocycles. The van der Waals surface area contributed by atoms with Gasteiger partial charge in [-0.3, -0.25) is 4.79 Å². The van der Waals surface area contributed by atoms with E-state index in [0.29, 0.717) is 21.2 Å². The van der Waals surface area contributed by atoms with Crippen molar-refractivity contribution in [3.8, 4) is 0 Å². The molecule has 0 saturated heterocycles. The van der Waals surface area contributed by atoms with Gasteiger partial charge in [0.05, 0.1) is 5.02 Å². The summed E-state index contributed by atoms with van der Waals surface area (Å²) < 4.78 is 0.838. The van der Waals surface area contributed by atoms with Gasteiger partial charge in [0.25, 0.3) is 0 Å². The summed E-state index contributed by atoms with van der Waals surface area (Å²) >= 11 is 15.4. The molecular weight excluding hydrogens is 361 g/mol. The molecule has 0 aliphatic carbocycles. The highest BCUT2D eigenvalue weighted by atomic mass is 79.9. The maximum atomic E-state index is 12.6. The molecule has 20 heavy (non-hydrogen) atoms. The molecule has 2 aromatic carbocycles. The summed E-state index contributed by atoms with van der Waals surface area (Å²) in [6.07, 6.45) is 1.68. The van der Waals surface area contributed by atoms with Crippen molar-refractivity contribution >= 4 is 55.8 Å². The monoisotopic (exact) mass is 367 g/mol. The number of aromatic amines is 1. The number of rotatable bonds is 2. The van der Waals surface area contributed by atoms with Gasteiger partial charge in [-0.05, 0) is 30.3 Å². The fraction of sp³-hybridized carbons (Fsp3) is 0. The third kappa shape index (κ3) is 2.37. The predicted molar refractivity (Wildman–Crippen MR) is 85.9 cm³/mol. The van der Waals surface area contributed by atoms with Gasteiger partial charge < -0.3 is 4.98 Å². The Hall–Kier alpha value is -1.29. The third-order valence-electron chi connectivity index (χ3n) is 3.06. The van der Waals surface area contributed by atoms with E-state index >= 15 is 0 Å². The van der Waals surface area contributed by atoms with Crippen LogP contribution in [0.5, 0.6) is 0 Å². The molecule has 0 saturated carbocycles. The van der Waals surface area contributed by atoms with E-state index in [9.17, 15) is 4.79 Å². The normalized spacial score (nSPS) is 10.9. The number of nitrogens with one attached hydrogen (secondary N) is 1. The molecule has 0 spiro atoms. The molecule has 2 nitrogen and oxygen atoms in total. The molecule has 0 bridgehead atoms. The van der Waals surface area contributed by atoms with Gasteiger partial charge in [0.15, 0.2) is 5.78 Å². The van der Waals surface area contributed by atoms with Crippen molar-refractivity contribution in [1.82, 2.24) is 4.98 Å². The maximum absolute atomic E-state index is 12.6. The molecule has 0 atom stereocenters. The summed E-state index contributed by atoms with van der Waals surface area (Å²) in [6.45, 7) is 0. The van der Waals surface area contributed by atoms with E-state index < -0.39 is 0 Å². The van der Waals surface area contributed by atoms with E-state index in [2.05, 4.69) is 20.9 Å². The molecule has 1 N–H and O–H groups in total. The van der Waals surface area contributed by atoms with E-state index in [1.807, 2.05) is 6.07 Å². The topological polar surface area (TPSA) is 32.9 Å². The minimum Gasteiger partial charge on any atom is -0.360 e. The Bertz CT molecular complexity index is 826. The van der Waals surface area contributed by atoms with Crippen molar-refractivity contribution in [3.63, 3.8) is 0 Å². The lowest BCUT2D eigenvalue weighted by atomic mass is 10.0. The molecule has 1 aromatic heterocycles. The lowest BCUT2D eigenvalue weighted by molar-refractivity contribution is 0.104. The highest BCUT2D eigenvalue weighted by Gasteiger charge is 2.17. The number of hydrogen-bond acceptors (Lipinski definition) is 1. The van der Waals surface area contributed by atoms with Crippen LogP contribution in [0.15, 0.2) is 47.1 Å². The zero-order valence-electron chi connectivity index (χ0n) is 10.1. The second-order valence-corrected chi connectivity index (χ2v) is 6.10. The van der Waals surface area contributed by atoms with E-state index in [0.717, 1.165) is 15.4 Å². The lowest BCUT2D eigenvalue weighted by Crippen LogP contribution is -2.01. The van der Waals surface area contributed by atoms with Crippen LogP contribution < -0.4 is 0 Å². The summed E-state index contributed by atoms with van der Waals surface area (Å²) in [7, 11) is 0. The smallest absolute Gasteiger partial charge is 0.196 e. The lowest BCUT2D eigenvalue weighted by Gasteiger charge is -2.03. The largest absolute Gasteiger partial charge is 0.360 e. The summed E-state index contributed by atoms with van der Waals surface area (Å²) in [5.74, 6) is -0.115. The van der Waals surface area contributed by atoms with Crippen LogP contribution in [0.3, 0.4) is 0 Å². The van der Waals surface area contributed by atoms with Crippen LogP contribution in [0.1, 0.15) is 15.9 Å². The van der Waals surface area contributed by atoms with Crippen LogP contribution in [0.25, 0.3) is 10.9 Å². The van der Waals surface area contributed by atoms with Gasteiger partial charge in [0, 0.05) is 37.7 Å². The highest BCUT2D eigenvalue weighted by molar-refractivity contribution is 9.10. The Balaban J connectivity index is 2.13. The molecule has 5 heteroatoms. The number of fused-ring (bicyclic) bond motifs is 1. The van der Waals surface area contributed by atoms with Crippen molar-refractivity contribution in [3.05, 3.63) is 68.2 Å². The van der Waals surface area contributed by atoms with Crippen LogP contribution >= 0.6 is 39.1 Å². The number of carbonyl (C=O) groups excluding carboxylic acids is 1. The standard InChI is InChI=1S/C15H8BrCl2NO/c16-8-1-3-11(13(18)5-8)15(20)12-7-19-14-6-9(17)2-4-10(12)14/h1-7,19H. The van der Waals surface area contributed by atoms with Gasteiger partial charge in [-0.15, -0.1) is 0 Å². The second kappa shape index (κ2) is 5.24. The molecule has 100 valence electrons. The first-order valence-electron chi connectivity index (χ1n) is 5.82. The Morgan fingerprint density at radius 3 is 2.60 bits per heavy atom. The summed E-state index contributed by atoms with van der Waals surface area (Å²) in [6, 6.07) is 10.6. The summed E-state index contributed by atoms with van der Waals surface area (Å²) in [5, 5.41) is 1.88. The Kier molecular flexibility index (Phi) is 3.59. The van der Waals surface area contributed by atoms with Gasteiger partial charge in [-0.1, -0.05) is 45.2 Å². The molecule has 0 radical (unpaired) electrons. The van der Waals surface area contributed by atoms with Gasteiger partial charge in [0.2, 0.25) is 0 Å².